The summed E-state index contributed by atoms with van der Waals surface area (Å²) >= 11 is 0. The second-order valence-electron chi connectivity index (χ2n) is 5.75. The first kappa shape index (κ1) is 15.8. The molecule has 0 aromatic carbocycles. The molecular formula is C16H25N3O2. The summed E-state index contributed by atoms with van der Waals surface area (Å²) in [6, 6.07) is 3.72. The Morgan fingerprint density at radius 2 is 2.10 bits per heavy atom. The predicted molar refractivity (Wildman–Crippen MR) is 82.1 cm³/mol. The van der Waals surface area contributed by atoms with Gasteiger partial charge < -0.3 is 15.4 Å². The first-order valence-corrected chi connectivity index (χ1v) is 7.62. The minimum Gasteiger partial charge on any atom is -0.481 e. The number of carbonyl (C=O) groups excluding carboxylic acids is 1. The van der Waals surface area contributed by atoms with Crippen LogP contribution in [0.15, 0.2) is 18.3 Å². The Kier molecular flexibility index (Phi) is 5.56. The second-order valence-corrected chi connectivity index (χ2v) is 5.75. The fourth-order valence-electron chi connectivity index (χ4n) is 2.95. The van der Waals surface area contributed by atoms with Crippen LogP contribution >= 0.6 is 0 Å². The summed E-state index contributed by atoms with van der Waals surface area (Å²) < 4.78 is 5.02. The Labute approximate surface area is 126 Å². The van der Waals surface area contributed by atoms with E-state index in [1.165, 1.54) is 19.3 Å². The van der Waals surface area contributed by atoms with Crippen LogP contribution in [-0.2, 0) is 11.3 Å². The van der Waals surface area contributed by atoms with Crippen LogP contribution in [0.5, 0.6) is 5.88 Å². The second kappa shape index (κ2) is 7.41. The van der Waals surface area contributed by atoms with Crippen molar-refractivity contribution in [3.63, 3.8) is 0 Å². The number of amides is 1. The van der Waals surface area contributed by atoms with Gasteiger partial charge >= 0.3 is 0 Å². The number of nitrogens with one attached hydrogen (secondary N) is 2. The molecule has 0 radical (unpaired) electrons. The zero-order chi connectivity index (χ0) is 15.1. The van der Waals surface area contributed by atoms with Crippen molar-refractivity contribution in [3.8, 4) is 5.88 Å². The van der Waals surface area contributed by atoms with Crippen LogP contribution < -0.4 is 15.4 Å². The lowest BCUT2D eigenvalue weighted by atomic mass is 9.79. The van der Waals surface area contributed by atoms with Crippen LogP contribution in [0.25, 0.3) is 0 Å². The molecule has 1 amide bonds. The van der Waals surface area contributed by atoms with Gasteiger partial charge in [-0.15, -0.1) is 0 Å². The van der Waals surface area contributed by atoms with Crippen LogP contribution in [0.1, 0.15) is 44.1 Å². The molecule has 2 rings (SSSR count). The maximum atomic E-state index is 12.2. The molecule has 21 heavy (non-hydrogen) atoms. The van der Waals surface area contributed by atoms with Crippen molar-refractivity contribution in [2.45, 2.75) is 50.6 Å². The van der Waals surface area contributed by atoms with Gasteiger partial charge in [0, 0.05) is 30.8 Å². The molecule has 5 nitrogen and oxygen atoms in total. The van der Waals surface area contributed by atoms with Gasteiger partial charge in [-0.05, 0) is 25.5 Å². The number of carbonyl (C=O) groups is 1. The van der Waals surface area contributed by atoms with E-state index in [0.717, 1.165) is 18.4 Å². The van der Waals surface area contributed by atoms with Crippen LogP contribution in [0.2, 0.25) is 0 Å². The van der Waals surface area contributed by atoms with Crippen molar-refractivity contribution in [1.29, 1.82) is 0 Å². The van der Waals surface area contributed by atoms with Crippen LogP contribution in [-0.4, -0.2) is 30.6 Å². The van der Waals surface area contributed by atoms with E-state index < -0.39 is 0 Å². The highest BCUT2D eigenvalue weighted by molar-refractivity contribution is 5.77. The Hall–Kier alpha value is -1.62. The van der Waals surface area contributed by atoms with Crippen molar-refractivity contribution in [3.05, 3.63) is 23.9 Å². The maximum absolute atomic E-state index is 12.2. The van der Waals surface area contributed by atoms with Gasteiger partial charge in [-0.25, -0.2) is 4.98 Å². The van der Waals surface area contributed by atoms with Gasteiger partial charge in [0.05, 0.1) is 7.11 Å². The first-order chi connectivity index (χ1) is 10.2. The summed E-state index contributed by atoms with van der Waals surface area (Å²) in [7, 11) is 3.55. The molecular weight excluding hydrogens is 266 g/mol. The Balaban J connectivity index is 1.83. The average Bonchev–Trinajstić information content (AvgIpc) is 2.54. The summed E-state index contributed by atoms with van der Waals surface area (Å²) in [5.41, 5.74) is 0.965. The number of rotatable bonds is 6. The van der Waals surface area contributed by atoms with E-state index in [4.69, 9.17) is 4.74 Å². The highest BCUT2D eigenvalue weighted by atomic mass is 16.5. The molecule has 2 N–H and O–H groups in total. The summed E-state index contributed by atoms with van der Waals surface area (Å²) in [6.07, 6.45) is 8.14. The third-order valence-electron chi connectivity index (χ3n) is 4.34. The molecule has 5 heteroatoms. The highest BCUT2D eigenvalue weighted by Gasteiger charge is 2.32. The monoisotopic (exact) mass is 291 g/mol. The summed E-state index contributed by atoms with van der Waals surface area (Å²) in [5.74, 6) is 0.684. The van der Waals surface area contributed by atoms with Crippen LogP contribution in [0, 0.1) is 0 Å². The smallest absolute Gasteiger partial charge is 0.222 e. The Morgan fingerprint density at radius 1 is 1.33 bits per heavy atom. The Bertz CT molecular complexity index is 453. The summed E-state index contributed by atoms with van der Waals surface area (Å²) in [5, 5.41) is 6.35. The van der Waals surface area contributed by atoms with Gasteiger partial charge in [0.2, 0.25) is 11.8 Å². The zero-order valence-corrected chi connectivity index (χ0v) is 12.9. The lowest BCUT2D eigenvalue weighted by molar-refractivity contribution is -0.123. The van der Waals surface area contributed by atoms with E-state index in [2.05, 4.69) is 15.6 Å². The lowest BCUT2D eigenvalue weighted by Crippen LogP contribution is -2.48. The summed E-state index contributed by atoms with van der Waals surface area (Å²) in [4.78, 5) is 16.3. The van der Waals surface area contributed by atoms with Crippen molar-refractivity contribution < 1.29 is 9.53 Å². The van der Waals surface area contributed by atoms with Crippen molar-refractivity contribution in [2.24, 2.45) is 0 Å². The number of pyridine rings is 1. The van der Waals surface area contributed by atoms with Crippen molar-refractivity contribution >= 4 is 5.91 Å². The number of methoxy groups -OCH3 is 1. The molecule has 0 atom stereocenters. The topological polar surface area (TPSA) is 63.2 Å². The molecule has 116 valence electrons. The number of hydrogen-bond acceptors (Lipinski definition) is 4. The van der Waals surface area contributed by atoms with E-state index in [9.17, 15) is 4.79 Å². The Morgan fingerprint density at radius 3 is 2.67 bits per heavy atom. The fourth-order valence-corrected chi connectivity index (χ4v) is 2.95. The molecule has 0 spiro atoms. The van der Waals surface area contributed by atoms with E-state index in [1.807, 2.05) is 13.1 Å². The molecule has 1 aliphatic carbocycles. The molecule has 0 aliphatic heterocycles. The molecule has 1 aromatic heterocycles. The van der Waals surface area contributed by atoms with E-state index >= 15 is 0 Å². The highest BCUT2D eigenvalue weighted by Crippen LogP contribution is 2.30. The minimum absolute atomic E-state index is 0.0134. The molecule has 0 saturated heterocycles. The van der Waals surface area contributed by atoms with Gasteiger partial charge in [-0.2, -0.15) is 0 Å². The first-order valence-electron chi connectivity index (χ1n) is 7.62. The fraction of sp³-hybridized carbons (Fsp3) is 0.625. The van der Waals surface area contributed by atoms with Gasteiger partial charge in [0.25, 0.3) is 0 Å². The van der Waals surface area contributed by atoms with Gasteiger partial charge in [-0.1, -0.05) is 25.3 Å². The lowest BCUT2D eigenvalue weighted by Gasteiger charge is -2.36. The minimum atomic E-state index is -0.0134. The molecule has 1 aromatic rings. The normalized spacial score (nSPS) is 17.2. The van der Waals surface area contributed by atoms with Crippen LogP contribution in [0.3, 0.4) is 0 Å². The number of hydrogen-bond donors (Lipinski definition) is 2. The van der Waals surface area contributed by atoms with Crippen molar-refractivity contribution in [2.75, 3.05) is 14.2 Å². The van der Waals surface area contributed by atoms with E-state index in [0.29, 0.717) is 18.8 Å². The zero-order valence-electron chi connectivity index (χ0n) is 12.9. The van der Waals surface area contributed by atoms with Gasteiger partial charge in [0.1, 0.15) is 0 Å². The molecule has 1 saturated carbocycles. The number of aromatic nitrogens is 1. The van der Waals surface area contributed by atoms with E-state index in [-0.39, 0.29) is 11.4 Å². The average molecular weight is 291 g/mol. The number of ether oxygens (including phenoxy) is 1. The SMILES string of the molecule is CNC1(CC(=O)NCc2ccc(OC)nc2)CCCCC1. The summed E-state index contributed by atoms with van der Waals surface area (Å²) in [6.45, 7) is 0.510. The molecule has 0 bridgehead atoms. The standard InChI is InChI=1S/C16H25N3O2/c1-17-16(8-4-3-5-9-16)10-14(20)18-11-13-6-7-15(21-2)19-12-13/h6-7,12,17H,3-5,8-11H2,1-2H3,(H,18,20). The largest absolute Gasteiger partial charge is 0.481 e. The molecule has 1 fully saturated rings. The van der Waals surface area contributed by atoms with E-state index in [1.54, 1.807) is 19.4 Å². The molecule has 1 aliphatic rings. The number of nitrogens with zero attached hydrogens (tertiary/aromatic N) is 1. The molecule has 0 unspecified atom stereocenters. The quantitative estimate of drug-likeness (QED) is 0.841. The van der Waals surface area contributed by atoms with Crippen LogP contribution in [0.4, 0.5) is 0 Å². The molecule has 1 heterocycles. The van der Waals surface area contributed by atoms with Gasteiger partial charge in [-0.3, -0.25) is 4.79 Å². The maximum Gasteiger partial charge on any atom is 0.222 e. The third kappa shape index (κ3) is 4.43. The van der Waals surface area contributed by atoms with Crippen molar-refractivity contribution in [1.82, 2.24) is 15.6 Å². The van der Waals surface area contributed by atoms with Gasteiger partial charge in [0.15, 0.2) is 0 Å². The third-order valence-corrected chi connectivity index (χ3v) is 4.34. The predicted octanol–water partition coefficient (Wildman–Crippen LogP) is 2.02.